The zero-order chi connectivity index (χ0) is 29.0. The van der Waals surface area contributed by atoms with E-state index in [1.54, 1.807) is 6.07 Å². The smallest absolute Gasteiger partial charge is 0.329 e. The third-order valence-electron chi connectivity index (χ3n) is 8.31. The molecule has 0 spiro atoms. The van der Waals surface area contributed by atoms with Crippen molar-refractivity contribution in [2.24, 2.45) is 17.8 Å². The largest absolute Gasteiger partial charge is 0.454 e. The molecule has 3 aliphatic carbocycles. The number of anilines is 1. The van der Waals surface area contributed by atoms with Gasteiger partial charge in [-0.05, 0) is 52.8 Å². The third kappa shape index (κ3) is 4.61. The molecular formula is C32H28Cl2N2O5. The summed E-state index contributed by atoms with van der Waals surface area (Å²) in [7, 11) is 0. The molecule has 3 atom stereocenters. The van der Waals surface area contributed by atoms with E-state index in [9.17, 15) is 19.2 Å². The van der Waals surface area contributed by atoms with Crippen molar-refractivity contribution >= 4 is 52.6 Å². The average Bonchev–Trinajstić information content (AvgIpc) is 3.22. The predicted octanol–water partition coefficient (Wildman–Crippen LogP) is 5.78. The first-order valence-electron chi connectivity index (χ1n) is 13.6. The van der Waals surface area contributed by atoms with Gasteiger partial charge in [-0.25, -0.2) is 4.79 Å². The fourth-order valence-electron chi connectivity index (χ4n) is 6.76. The number of imide groups is 1. The second-order valence-corrected chi connectivity index (χ2v) is 12.1. The Kier molecular flexibility index (Phi) is 7.12. The lowest BCUT2D eigenvalue weighted by Crippen LogP contribution is -2.47. The normalized spacial score (nSPS) is 22.7. The van der Waals surface area contributed by atoms with Crippen LogP contribution in [0.1, 0.15) is 54.4 Å². The molecule has 1 fully saturated rings. The Balaban J connectivity index is 1.26. The van der Waals surface area contributed by atoms with E-state index in [2.05, 4.69) is 5.32 Å². The van der Waals surface area contributed by atoms with Crippen molar-refractivity contribution in [3.8, 4) is 0 Å². The summed E-state index contributed by atoms with van der Waals surface area (Å²) in [4.78, 5) is 55.4. The van der Waals surface area contributed by atoms with E-state index < -0.39 is 36.4 Å². The molecular weight excluding hydrogens is 563 g/mol. The quantitative estimate of drug-likeness (QED) is 0.278. The van der Waals surface area contributed by atoms with Gasteiger partial charge < -0.3 is 10.1 Å². The van der Waals surface area contributed by atoms with Gasteiger partial charge in [-0.2, -0.15) is 0 Å². The van der Waals surface area contributed by atoms with Gasteiger partial charge in [0.1, 0.15) is 6.04 Å². The minimum absolute atomic E-state index is 0.0214. The van der Waals surface area contributed by atoms with Crippen molar-refractivity contribution in [3.05, 3.63) is 99.0 Å². The topological polar surface area (TPSA) is 92.8 Å². The van der Waals surface area contributed by atoms with Gasteiger partial charge in [0.25, 0.3) is 5.91 Å². The molecule has 3 aromatic carbocycles. The van der Waals surface area contributed by atoms with Crippen molar-refractivity contribution in [2.45, 2.75) is 38.1 Å². The summed E-state index contributed by atoms with van der Waals surface area (Å²) in [6, 6.07) is 19.4. The molecule has 4 aliphatic rings. The van der Waals surface area contributed by atoms with E-state index in [0.717, 1.165) is 27.2 Å². The maximum atomic E-state index is 14.1. The van der Waals surface area contributed by atoms with Crippen molar-refractivity contribution in [2.75, 3.05) is 11.9 Å². The Morgan fingerprint density at radius 1 is 0.829 bits per heavy atom. The third-order valence-corrected chi connectivity index (χ3v) is 9.05. The molecule has 9 heteroatoms. The highest BCUT2D eigenvalue weighted by molar-refractivity contribution is 6.42. The standard InChI is InChI=1S/C32H28Cl2N2O5/c1-16(2)13-24(32(40)41-15-25(37)35-17-11-12-22(33)23(34)14-17)36-30(38)28-26-18-7-3-4-8-19(18)27(29(28)31(36)39)21-10-6-5-9-20(21)26/h3-12,14,16,24,26-29H,13,15H2,1-2H3,(H,35,37)/t24-,26?,27?,28+,29+/m1/s1. The molecule has 3 amide bonds. The Labute approximate surface area is 247 Å². The van der Waals surface area contributed by atoms with Crippen LogP contribution in [0.3, 0.4) is 0 Å². The van der Waals surface area contributed by atoms with Crippen LogP contribution in [0.2, 0.25) is 10.0 Å². The van der Waals surface area contributed by atoms with Crippen molar-refractivity contribution in [1.29, 1.82) is 0 Å². The van der Waals surface area contributed by atoms with E-state index in [4.69, 9.17) is 27.9 Å². The van der Waals surface area contributed by atoms with Crippen LogP contribution >= 0.6 is 23.2 Å². The summed E-state index contributed by atoms with van der Waals surface area (Å²) in [5.74, 6) is -3.85. The summed E-state index contributed by atoms with van der Waals surface area (Å²) in [5.41, 5.74) is 4.62. The molecule has 3 aromatic rings. The number of amides is 3. The van der Waals surface area contributed by atoms with Crippen LogP contribution in [0.15, 0.2) is 66.7 Å². The van der Waals surface area contributed by atoms with Crippen LogP contribution in [-0.4, -0.2) is 41.2 Å². The second-order valence-electron chi connectivity index (χ2n) is 11.2. The second kappa shape index (κ2) is 10.6. The molecule has 41 heavy (non-hydrogen) atoms. The summed E-state index contributed by atoms with van der Waals surface area (Å²) in [5, 5.41) is 3.21. The average molecular weight is 591 g/mol. The number of likely N-dealkylation sites (tertiary alicyclic amines) is 1. The Morgan fingerprint density at radius 2 is 1.34 bits per heavy atom. The van der Waals surface area contributed by atoms with Crippen LogP contribution in [-0.2, 0) is 23.9 Å². The van der Waals surface area contributed by atoms with Crippen LogP contribution < -0.4 is 5.32 Å². The number of nitrogens with zero attached hydrogens (tertiary/aromatic N) is 1. The molecule has 7 nitrogen and oxygen atoms in total. The Morgan fingerprint density at radius 3 is 1.80 bits per heavy atom. The zero-order valence-electron chi connectivity index (χ0n) is 22.5. The van der Waals surface area contributed by atoms with Gasteiger partial charge >= 0.3 is 5.97 Å². The molecule has 0 aromatic heterocycles. The Hall–Kier alpha value is -3.68. The number of hydrogen-bond acceptors (Lipinski definition) is 5. The van der Waals surface area contributed by atoms with Gasteiger partial charge in [0.2, 0.25) is 11.8 Å². The molecule has 1 heterocycles. The van der Waals surface area contributed by atoms with E-state index in [-0.39, 0.29) is 41.0 Å². The molecule has 1 aliphatic heterocycles. The molecule has 2 bridgehead atoms. The summed E-state index contributed by atoms with van der Waals surface area (Å²) < 4.78 is 5.39. The maximum Gasteiger partial charge on any atom is 0.329 e. The van der Waals surface area contributed by atoms with E-state index in [1.807, 2.05) is 62.4 Å². The van der Waals surface area contributed by atoms with Gasteiger partial charge in [0, 0.05) is 17.5 Å². The number of hydrogen-bond donors (Lipinski definition) is 1. The van der Waals surface area contributed by atoms with Crippen molar-refractivity contribution in [3.63, 3.8) is 0 Å². The first-order valence-corrected chi connectivity index (χ1v) is 14.4. The molecule has 7 rings (SSSR count). The van der Waals surface area contributed by atoms with Gasteiger partial charge in [-0.15, -0.1) is 0 Å². The lowest BCUT2D eigenvalue weighted by molar-refractivity contribution is -0.160. The number of nitrogens with one attached hydrogen (secondary N) is 1. The van der Waals surface area contributed by atoms with E-state index in [0.29, 0.717) is 10.7 Å². The van der Waals surface area contributed by atoms with Crippen molar-refractivity contribution in [1.82, 2.24) is 4.90 Å². The number of rotatable bonds is 7. The number of benzene rings is 3. The highest BCUT2D eigenvalue weighted by Crippen LogP contribution is 2.61. The van der Waals surface area contributed by atoms with Gasteiger partial charge in [-0.3, -0.25) is 19.3 Å². The van der Waals surface area contributed by atoms with Gasteiger partial charge in [0.05, 0.1) is 21.9 Å². The van der Waals surface area contributed by atoms with E-state index >= 15 is 0 Å². The highest BCUT2D eigenvalue weighted by atomic mass is 35.5. The molecule has 0 radical (unpaired) electrons. The zero-order valence-corrected chi connectivity index (χ0v) is 24.0. The van der Waals surface area contributed by atoms with Crippen LogP contribution in [0, 0.1) is 17.8 Å². The minimum atomic E-state index is -1.14. The number of carbonyl (C=O) groups is 4. The SMILES string of the molecule is CC(C)C[C@H](C(=O)OCC(=O)Nc1ccc(Cl)c(Cl)c1)N1C(=O)[C@H]2C3c4ccccc4C(c4ccccc43)[C@@H]2C1=O. The summed E-state index contributed by atoms with van der Waals surface area (Å²) in [6.45, 7) is 3.23. The number of ether oxygens (including phenoxy) is 1. The van der Waals surface area contributed by atoms with Gasteiger partial charge in [0.15, 0.2) is 6.61 Å². The van der Waals surface area contributed by atoms with E-state index in [1.165, 1.54) is 12.1 Å². The maximum absolute atomic E-state index is 14.1. The molecule has 0 unspecified atom stereocenters. The predicted molar refractivity (Wildman–Crippen MR) is 155 cm³/mol. The van der Waals surface area contributed by atoms with Gasteiger partial charge in [-0.1, -0.05) is 85.6 Å². The lowest BCUT2D eigenvalue weighted by atomic mass is 9.55. The summed E-state index contributed by atoms with van der Waals surface area (Å²) >= 11 is 11.9. The summed E-state index contributed by atoms with van der Waals surface area (Å²) in [6.07, 6.45) is 0.222. The highest BCUT2D eigenvalue weighted by Gasteiger charge is 2.63. The van der Waals surface area contributed by atoms with Crippen molar-refractivity contribution < 1.29 is 23.9 Å². The van der Waals surface area contributed by atoms with Crippen LogP contribution in [0.25, 0.3) is 0 Å². The fourth-order valence-corrected chi connectivity index (χ4v) is 7.06. The molecule has 210 valence electrons. The molecule has 1 N–H and O–H groups in total. The first kappa shape index (κ1) is 27.5. The fraction of sp³-hybridized carbons (Fsp3) is 0.312. The minimum Gasteiger partial charge on any atom is -0.454 e. The Bertz CT molecular complexity index is 1470. The molecule has 1 saturated heterocycles. The monoisotopic (exact) mass is 590 g/mol. The number of halogens is 2. The lowest BCUT2D eigenvalue weighted by Gasteiger charge is -2.45. The van der Waals surface area contributed by atoms with Crippen LogP contribution in [0.4, 0.5) is 5.69 Å². The molecule has 0 saturated carbocycles. The number of esters is 1. The van der Waals surface area contributed by atoms with Crippen LogP contribution in [0.5, 0.6) is 0 Å². The first-order chi connectivity index (χ1) is 19.7. The number of carbonyl (C=O) groups excluding carboxylic acids is 4.